The summed E-state index contributed by atoms with van der Waals surface area (Å²) in [5, 5.41) is 13.1. The van der Waals surface area contributed by atoms with Gasteiger partial charge >= 0.3 is 0 Å². The van der Waals surface area contributed by atoms with Gasteiger partial charge in [0.05, 0.1) is 18.3 Å². The molecule has 1 unspecified atom stereocenters. The van der Waals surface area contributed by atoms with E-state index < -0.39 is 6.10 Å². The van der Waals surface area contributed by atoms with Crippen molar-refractivity contribution >= 4 is 5.69 Å². The molecule has 18 heavy (non-hydrogen) atoms. The Bertz CT molecular complexity index is 383. The molecule has 0 aliphatic rings. The second-order valence-electron chi connectivity index (χ2n) is 5.78. The zero-order valence-electron chi connectivity index (χ0n) is 12.1. The van der Waals surface area contributed by atoms with E-state index in [9.17, 15) is 5.11 Å². The van der Waals surface area contributed by atoms with Crippen LogP contribution in [0.1, 0.15) is 31.9 Å². The topological polar surface area (TPSA) is 41.5 Å². The van der Waals surface area contributed by atoms with E-state index in [1.54, 1.807) is 0 Å². The molecule has 0 bridgehead atoms. The molecule has 0 spiro atoms. The normalized spacial score (nSPS) is 13.4. The van der Waals surface area contributed by atoms with Gasteiger partial charge in [-0.2, -0.15) is 0 Å². The van der Waals surface area contributed by atoms with Crippen molar-refractivity contribution in [2.45, 2.75) is 46.3 Å². The number of hydrogen-bond acceptors (Lipinski definition) is 3. The molecule has 0 saturated heterocycles. The van der Waals surface area contributed by atoms with Crippen LogP contribution in [0.5, 0.6) is 0 Å². The fourth-order valence-corrected chi connectivity index (χ4v) is 1.56. The Hall–Kier alpha value is -1.06. The third-order valence-electron chi connectivity index (χ3n) is 2.63. The van der Waals surface area contributed by atoms with E-state index in [1.165, 1.54) is 11.1 Å². The van der Waals surface area contributed by atoms with Gasteiger partial charge in [0.2, 0.25) is 0 Å². The molecule has 0 fully saturated rings. The van der Waals surface area contributed by atoms with Gasteiger partial charge in [0.25, 0.3) is 0 Å². The highest BCUT2D eigenvalue weighted by molar-refractivity contribution is 5.52. The van der Waals surface area contributed by atoms with Gasteiger partial charge in [-0.3, -0.25) is 0 Å². The van der Waals surface area contributed by atoms with Gasteiger partial charge in [-0.1, -0.05) is 12.1 Å². The summed E-state index contributed by atoms with van der Waals surface area (Å²) in [6, 6.07) is 6.25. The van der Waals surface area contributed by atoms with Gasteiger partial charge in [-0.15, -0.1) is 0 Å². The zero-order valence-corrected chi connectivity index (χ0v) is 12.1. The first-order valence-electron chi connectivity index (χ1n) is 6.41. The summed E-state index contributed by atoms with van der Waals surface area (Å²) in [6.07, 6.45) is -0.496. The molecule has 1 rings (SSSR count). The number of rotatable bonds is 5. The van der Waals surface area contributed by atoms with E-state index in [2.05, 4.69) is 37.4 Å². The number of aliphatic hydroxyl groups is 1. The highest BCUT2D eigenvalue weighted by atomic mass is 16.5. The van der Waals surface area contributed by atoms with Crippen LogP contribution in [-0.2, 0) is 4.74 Å². The van der Waals surface area contributed by atoms with Gasteiger partial charge in [-0.25, -0.2) is 0 Å². The Kier molecular flexibility index (Phi) is 5.17. The summed E-state index contributed by atoms with van der Waals surface area (Å²) in [5.74, 6) is 0. The summed E-state index contributed by atoms with van der Waals surface area (Å²) >= 11 is 0. The highest BCUT2D eigenvalue weighted by Crippen LogP contribution is 2.16. The van der Waals surface area contributed by atoms with Crippen LogP contribution in [0, 0.1) is 13.8 Å². The van der Waals surface area contributed by atoms with E-state index in [1.807, 2.05) is 20.8 Å². The largest absolute Gasteiger partial charge is 0.389 e. The van der Waals surface area contributed by atoms with Crippen molar-refractivity contribution in [2.24, 2.45) is 0 Å². The third-order valence-corrected chi connectivity index (χ3v) is 2.63. The first-order chi connectivity index (χ1) is 8.28. The molecule has 2 N–H and O–H groups in total. The van der Waals surface area contributed by atoms with Gasteiger partial charge in [0.1, 0.15) is 0 Å². The third kappa shape index (κ3) is 5.52. The van der Waals surface area contributed by atoms with Crippen LogP contribution in [0.2, 0.25) is 0 Å². The van der Waals surface area contributed by atoms with E-state index in [0.717, 1.165) is 5.69 Å². The van der Waals surface area contributed by atoms with E-state index in [4.69, 9.17) is 4.74 Å². The predicted octanol–water partition coefficient (Wildman–Crippen LogP) is 2.89. The molecular formula is C15H25NO2. The number of hydrogen-bond donors (Lipinski definition) is 2. The Labute approximate surface area is 110 Å². The lowest BCUT2D eigenvalue weighted by atomic mass is 10.1. The Balaban J connectivity index is 2.42. The Morgan fingerprint density at radius 1 is 1.28 bits per heavy atom. The SMILES string of the molecule is Cc1ccc(C)c(NCC(O)COC(C)(C)C)c1. The molecule has 0 aliphatic carbocycles. The summed E-state index contributed by atoms with van der Waals surface area (Å²) in [6.45, 7) is 10.9. The van der Waals surface area contributed by atoms with Gasteiger partial charge < -0.3 is 15.2 Å². The molecule has 0 aromatic heterocycles. The molecule has 102 valence electrons. The first-order valence-corrected chi connectivity index (χ1v) is 6.41. The Morgan fingerprint density at radius 2 is 1.94 bits per heavy atom. The first kappa shape index (κ1) is 15.0. The minimum atomic E-state index is -0.496. The number of ether oxygens (including phenoxy) is 1. The lowest BCUT2D eigenvalue weighted by molar-refractivity contribution is -0.0449. The lowest BCUT2D eigenvalue weighted by Crippen LogP contribution is -2.30. The van der Waals surface area contributed by atoms with Crippen LogP contribution in [0.4, 0.5) is 5.69 Å². The molecule has 3 heteroatoms. The fourth-order valence-electron chi connectivity index (χ4n) is 1.56. The van der Waals surface area contributed by atoms with E-state index in [-0.39, 0.29) is 5.60 Å². The lowest BCUT2D eigenvalue weighted by Gasteiger charge is -2.22. The van der Waals surface area contributed by atoms with E-state index in [0.29, 0.717) is 13.2 Å². The summed E-state index contributed by atoms with van der Waals surface area (Å²) in [5.41, 5.74) is 3.26. The standard InChI is InChI=1S/C15H25NO2/c1-11-6-7-12(2)14(8-11)16-9-13(17)10-18-15(3,4)5/h6-8,13,16-17H,9-10H2,1-5H3. The van der Waals surface area contributed by atoms with Crippen molar-refractivity contribution < 1.29 is 9.84 Å². The Morgan fingerprint density at radius 3 is 2.56 bits per heavy atom. The molecule has 0 aliphatic heterocycles. The smallest absolute Gasteiger partial charge is 0.0945 e. The maximum atomic E-state index is 9.85. The van der Waals surface area contributed by atoms with Crippen molar-refractivity contribution in [3.8, 4) is 0 Å². The van der Waals surface area contributed by atoms with Crippen LogP contribution >= 0.6 is 0 Å². The minimum absolute atomic E-state index is 0.208. The average molecular weight is 251 g/mol. The zero-order chi connectivity index (χ0) is 13.8. The molecule has 0 saturated carbocycles. The second kappa shape index (κ2) is 6.21. The second-order valence-corrected chi connectivity index (χ2v) is 5.78. The van der Waals surface area contributed by atoms with Crippen LogP contribution in [0.15, 0.2) is 18.2 Å². The fraction of sp³-hybridized carbons (Fsp3) is 0.600. The number of benzene rings is 1. The van der Waals surface area contributed by atoms with Crippen LogP contribution < -0.4 is 5.32 Å². The van der Waals surface area contributed by atoms with Gasteiger partial charge in [-0.05, 0) is 51.8 Å². The molecule has 1 aromatic carbocycles. The monoisotopic (exact) mass is 251 g/mol. The van der Waals surface area contributed by atoms with Crippen molar-refractivity contribution in [2.75, 3.05) is 18.5 Å². The maximum absolute atomic E-state index is 9.85. The molecule has 0 radical (unpaired) electrons. The van der Waals surface area contributed by atoms with Gasteiger partial charge in [0, 0.05) is 12.2 Å². The molecule has 0 amide bonds. The minimum Gasteiger partial charge on any atom is -0.389 e. The molecule has 1 aromatic rings. The van der Waals surface area contributed by atoms with Crippen molar-refractivity contribution in [1.82, 2.24) is 0 Å². The van der Waals surface area contributed by atoms with Crippen LogP contribution in [0.25, 0.3) is 0 Å². The highest BCUT2D eigenvalue weighted by Gasteiger charge is 2.13. The van der Waals surface area contributed by atoms with Crippen LogP contribution in [0.3, 0.4) is 0 Å². The number of nitrogens with one attached hydrogen (secondary N) is 1. The summed E-state index contributed by atoms with van der Waals surface area (Å²) in [7, 11) is 0. The number of anilines is 1. The van der Waals surface area contributed by atoms with Crippen molar-refractivity contribution in [3.63, 3.8) is 0 Å². The van der Waals surface area contributed by atoms with Crippen molar-refractivity contribution in [1.29, 1.82) is 0 Å². The molecule has 3 nitrogen and oxygen atoms in total. The molecular weight excluding hydrogens is 226 g/mol. The predicted molar refractivity (Wildman–Crippen MR) is 76.1 cm³/mol. The summed E-state index contributed by atoms with van der Waals surface area (Å²) < 4.78 is 5.54. The average Bonchev–Trinajstić information content (AvgIpc) is 2.26. The van der Waals surface area contributed by atoms with E-state index >= 15 is 0 Å². The quantitative estimate of drug-likeness (QED) is 0.845. The van der Waals surface area contributed by atoms with Gasteiger partial charge in [0.15, 0.2) is 0 Å². The maximum Gasteiger partial charge on any atom is 0.0945 e. The summed E-state index contributed by atoms with van der Waals surface area (Å²) in [4.78, 5) is 0. The van der Waals surface area contributed by atoms with Crippen LogP contribution in [-0.4, -0.2) is 30.0 Å². The number of aryl methyl sites for hydroxylation is 2. The molecule has 1 atom stereocenters. The molecule has 0 heterocycles. The van der Waals surface area contributed by atoms with Crippen molar-refractivity contribution in [3.05, 3.63) is 29.3 Å². The number of aliphatic hydroxyl groups excluding tert-OH is 1.